The summed E-state index contributed by atoms with van der Waals surface area (Å²) in [5, 5.41) is 0. The maximum atomic E-state index is 11.0. The molecule has 18 heavy (non-hydrogen) atoms. The van der Waals surface area contributed by atoms with Crippen molar-refractivity contribution in [2.45, 2.75) is 18.9 Å². The highest BCUT2D eigenvalue weighted by Gasteiger charge is 2.08. The smallest absolute Gasteiger partial charge is 0.147 e. The Morgan fingerprint density at radius 3 is 2.22 bits per heavy atom. The van der Waals surface area contributed by atoms with Crippen LogP contribution in [0.2, 0.25) is 0 Å². The van der Waals surface area contributed by atoms with Crippen LogP contribution in [-0.2, 0) is 9.84 Å². The molecule has 0 bridgehead atoms. The largest absolute Gasteiger partial charge is 0.378 e. The highest BCUT2D eigenvalue weighted by molar-refractivity contribution is 7.90. The lowest BCUT2D eigenvalue weighted by Gasteiger charge is -2.15. The van der Waals surface area contributed by atoms with Gasteiger partial charge in [0.25, 0.3) is 0 Å². The Bertz CT molecular complexity index is 466. The predicted molar refractivity (Wildman–Crippen MR) is 76.6 cm³/mol. The third-order valence-corrected chi connectivity index (χ3v) is 3.90. The molecular weight excluding hydrogens is 248 g/mol. The second-order valence-corrected chi connectivity index (χ2v) is 7.12. The zero-order valence-electron chi connectivity index (χ0n) is 11.3. The molecule has 0 saturated heterocycles. The molecule has 0 spiro atoms. The lowest BCUT2D eigenvalue weighted by Crippen LogP contribution is -2.13. The van der Waals surface area contributed by atoms with Gasteiger partial charge in [-0.3, -0.25) is 0 Å². The summed E-state index contributed by atoms with van der Waals surface area (Å²) >= 11 is 0. The molecule has 1 aromatic carbocycles. The maximum Gasteiger partial charge on any atom is 0.147 e. The van der Waals surface area contributed by atoms with Gasteiger partial charge in [0.05, 0.1) is 0 Å². The van der Waals surface area contributed by atoms with E-state index in [2.05, 4.69) is 0 Å². The normalized spacial score (nSPS) is 13.3. The monoisotopic (exact) mass is 270 g/mol. The topological polar surface area (TPSA) is 63.4 Å². The van der Waals surface area contributed by atoms with Gasteiger partial charge in [0.2, 0.25) is 0 Å². The van der Waals surface area contributed by atoms with Gasteiger partial charge >= 0.3 is 0 Å². The molecule has 0 aromatic heterocycles. The maximum absolute atomic E-state index is 11.0. The first-order valence-corrected chi connectivity index (χ1v) is 8.06. The number of nitrogens with two attached hydrogens (primary N) is 1. The van der Waals surface area contributed by atoms with Crippen LogP contribution in [0.4, 0.5) is 5.69 Å². The van der Waals surface area contributed by atoms with Crippen molar-refractivity contribution in [2.75, 3.05) is 31.0 Å². The van der Waals surface area contributed by atoms with Crippen LogP contribution in [0.1, 0.15) is 24.4 Å². The molecular formula is C13H22N2O2S. The summed E-state index contributed by atoms with van der Waals surface area (Å²) in [5.74, 6) is 0.205. The Morgan fingerprint density at radius 2 is 1.78 bits per heavy atom. The van der Waals surface area contributed by atoms with E-state index in [1.54, 1.807) is 0 Å². The molecule has 1 unspecified atom stereocenters. The van der Waals surface area contributed by atoms with Crippen LogP contribution >= 0.6 is 0 Å². The van der Waals surface area contributed by atoms with E-state index in [1.165, 1.54) is 6.26 Å². The summed E-state index contributed by atoms with van der Waals surface area (Å²) in [7, 11) is 1.09. The van der Waals surface area contributed by atoms with Crippen molar-refractivity contribution in [3.63, 3.8) is 0 Å². The number of rotatable bonds is 6. The second-order valence-electron chi connectivity index (χ2n) is 4.86. The van der Waals surface area contributed by atoms with Crippen molar-refractivity contribution in [2.24, 2.45) is 5.73 Å². The van der Waals surface area contributed by atoms with E-state index in [0.717, 1.165) is 11.3 Å². The van der Waals surface area contributed by atoms with E-state index < -0.39 is 9.84 Å². The number of sulfone groups is 1. The van der Waals surface area contributed by atoms with Crippen LogP contribution in [0, 0.1) is 0 Å². The number of hydrogen-bond acceptors (Lipinski definition) is 4. The number of nitrogens with zero attached hydrogens (tertiary/aromatic N) is 1. The summed E-state index contributed by atoms with van der Waals surface area (Å²) in [5.41, 5.74) is 8.22. The van der Waals surface area contributed by atoms with E-state index in [-0.39, 0.29) is 11.8 Å². The Hall–Kier alpha value is -1.07. The van der Waals surface area contributed by atoms with Crippen molar-refractivity contribution < 1.29 is 8.42 Å². The van der Waals surface area contributed by atoms with Crippen LogP contribution in [0.15, 0.2) is 24.3 Å². The average Bonchev–Trinajstić information content (AvgIpc) is 2.27. The minimum Gasteiger partial charge on any atom is -0.378 e. The highest BCUT2D eigenvalue weighted by atomic mass is 32.2. The van der Waals surface area contributed by atoms with Gasteiger partial charge in [-0.05, 0) is 30.5 Å². The molecule has 5 heteroatoms. The minimum absolute atomic E-state index is 0.0945. The van der Waals surface area contributed by atoms with Crippen LogP contribution < -0.4 is 10.6 Å². The first-order valence-electron chi connectivity index (χ1n) is 6.00. The van der Waals surface area contributed by atoms with Gasteiger partial charge in [0, 0.05) is 37.8 Å². The molecule has 0 fully saturated rings. The van der Waals surface area contributed by atoms with Gasteiger partial charge in [-0.25, -0.2) is 8.42 Å². The molecule has 1 atom stereocenters. The fourth-order valence-corrected chi connectivity index (χ4v) is 2.44. The number of benzene rings is 1. The molecule has 0 aliphatic heterocycles. The Kier molecular flexibility index (Phi) is 5.16. The molecule has 0 saturated carbocycles. The Morgan fingerprint density at radius 1 is 1.22 bits per heavy atom. The molecule has 2 N–H and O–H groups in total. The summed E-state index contributed by atoms with van der Waals surface area (Å²) in [6.07, 6.45) is 2.55. The predicted octanol–water partition coefficient (Wildman–Crippen LogP) is 1.58. The standard InChI is InChI=1S/C13H22N2O2S/c1-15(2)12-8-6-11(7-9-12)13(14)5-4-10-18(3,16)17/h6-9,13H,4-5,10,14H2,1-3H3. The summed E-state index contributed by atoms with van der Waals surface area (Å²) in [6, 6.07) is 7.95. The Labute approximate surface area is 110 Å². The van der Waals surface area contributed by atoms with Gasteiger partial charge in [-0.15, -0.1) is 0 Å². The molecule has 1 rings (SSSR count). The molecule has 102 valence electrons. The van der Waals surface area contributed by atoms with Crippen LogP contribution in [0.5, 0.6) is 0 Å². The Balaban J connectivity index is 2.54. The van der Waals surface area contributed by atoms with E-state index in [9.17, 15) is 8.42 Å². The van der Waals surface area contributed by atoms with Crippen LogP contribution in [0.25, 0.3) is 0 Å². The number of hydrogen-bond donors (Lipinski definition) is 1. The van der Waals surface area contributed by atoms with Crippen molar-refractivity contribution in [1.82, 2.24) is 0 Å². The van der Waals surface area contributed by atoms with Crippen LogP contribution in [0.3, 0.4) is 0 Å². The quantitative estimate of drug-likeness (QED) is 0.852. The highest BCUT2D eigenvalue weighted by Crippen LogP contribution is 2.19. The fourth-order valence-electron chi connectivity index (χ4n) is 1.75. The van der Waals surface area contributed by atoms with E-state index >= 15 is 0 Å². The molecule has 0 aliphatic rings. The van der Waals surface area contributed by atoms with Gasteiger partial charge in [0.15, 0.2) is 0 Å². The second kappa shape index (κ2) is 6.20. The van der Waals surface area contributed by atoms with Gasteiger partial charge in [-0.2, -0.15) is 0 Å². The third kappa shape index (κ3) is 5.06. The summed E-state index contributed by atoms with van der Waals surface area (Å²) < 4.78 is 22.0. The summed E-state index contributed by atoms with van der Waals surface area (Å²) in [4.78, 5) is 2.03. The molecule has 4 nitrogen and oxygen atoms in total. The molecule has 0 radical (unpaired) electrons. The van der Waals surface area contributed by atoms with Crippen molar-refractivity contribution in [3.05, 3.63) is 29.8 Å². The first-order chi connectivity index (χ1) is 8.29. The SMILES string of the molecule is CN(C)c1ccc(C(N)CCCS(C)(=O)=O)cc1. The fraction of sp³-hybridized carbons (Fsp3) is 0.538. The molecule has 0 aliphatic carbocycles. The lowest BCUT2D eigenvalue weighted by molar-refractivity contribution is 0.588. The van der Waals surface area contributed by atoms with Crippen LogP contribution in [-0.4, -0.2) is 34.5 Å². The van der Waals surface area contributed by atoms with E-state index in [0.29, 0.717) is 12.8 Å². The molecule has 0 amide bonds. The third-order valence-electron chi connectivity index (χ3n) is 2.87. The lowest BCUT2D eigenvalue weighted by atomic mass is 10.0. The van der Waals surface area contributed by atoms with Gasteiger partial charge < -0.3 is 10.6 Å². The van der Waals surface area contributed by atoms with Gasteiger partial charge in [0.1, 0.15) is 9.84 Å². The van der Waals surface area contributed by atoms with Crippen molar-refractivity contribution in [1.29, 1.82) is 0 Å². The molecule has 1 aromatic rings. The van der Waals surface area contributed by atoms with E-state index in [4.69, 9.17) is 5.73 Å². The van der Waals surface area contributed by atoms with Gasteiger partial charge in [-0.1, -0.05) is 12.1 Å². The summed E-state index contributed by atoms with van der Waals surface area (Å²) in [6.45, 7) is 0. The van der Waals surface area contributed by atoms with E-state index in [1.807, 2.05) is 43.3 Å². The zero-order valence-corrected chi connectivity index (χ0v) is 12.1. The van der Waals surface area contributed by atoms with Crippen molar-refractivity contribution >= 4 is 15.5 Å². The zero-order chi connectivity index (χ0) is 13.8. The minimum atomic E-state index is -2.88. The average molecular weight is 270 g/mol. The first kappa shape index (κ1) is 15.0. The number of anilines is 1. The van der Waals surface area contributed by atoms with Crippen molar-refractivity contribution in [3.8, 4) is 0 Å². The molecule has 0 heterocycles.